The van der Waals surface area contributed by atoms with E-state index in [1.54, 1.807) is 6.07 Å². The van der Waals surface area contributed by atoms with Crippen LogP contribution in [0.4, 0.5) is 11.4 Å². The van der Waals surface area contributed by atoms with E-state index in [2.05, 4.69) is 15.5 Å². The van der Waals surface area contributed by atoms with Crippen LogP contribution in [-0.4, -0.2) is 45.2 Å². The predicted molar refractivity (Wildman–Crippen MR) is 126 cm³/mol. The van der Waals surface area contributed by atoms with Crippen molar-refractivity contribution in [3.8, 4) is 23.0 Å². The Balaban J connectivity index is 2.34. The fourth-order valence-corrected chi connectivity index (χ4v) is 3.13. The quantitative estimate of drug-likeness (QED) is 0.324. The second-order valence-electron chi connectivity index (χ2n) is 6.53. The molecular weight excluding hydrogens is 473 g/mol. The van der Waals surface area contributed by atoms with Crippen molar-refractivity contribution in [2.24, 2.45) is 10.2 Å². The van der Waals surface area contributed by atoms with Gasteiger partial charge >= 0.3 is 0 Å². The van der Waals surface area contributed by atoms with Gasteiger partial charge < -0.3 is 24.3 Å². The summed E-state index contributed by atoms with van der Waals surface area (Å²) in [6, 6.07) is 4.67. The largest absolute Gasteiger partial charge is 0.497 e. The zero-order valence-corrected chi connectivity index (χ0v) is 20.4. The minimum absolute atomic E-state index is 0.153. The second-order valence-corrected chi connectivity index (χ2v) is 7.31. The predicted octanol–water partition coefficient (Wildman–Crippen LogP) is 5.49. The molecule has 0 saturated heterocycles. The molecule has 1 unspecified atom stereocenters. The molecular formula is C22H25Cl2N3O6. The highest BCUT2D eigenvalue weighted by atomic mass is 35.5. The van der Waals surface area contributed by atoms with E-state index < -0.39 is 17.7 Å². The Kier molecular flexibility index (Phi) is 9.74. The van der Waals surface area contributed by atoms with E-state index in [1.807, 2.05) is 13.8 Å². The van der Waals surface area contributed by atoms with Gasteiger partial charge in [0, 0.05) is 24.3 Å². The first-order valence-corrected chi connectivity index (χ1v) is 10.7. The summed E-state index contributed by atoms with van der Waals surface area (Å²) in [6.07, 6.45) is 0. The molecule has 0 saturated carbocycles. The maximum atomic E-state index is 12.8. The number of amides is 1. The van der Waals surface area contributed by atoms with E-state index in [0.717, 1.165) is 0 Å². The highest BCUT2D eigenvalue weighted by molar-refractivity contribution is 6.34. The molecule has 2 aromatic rings. The van der Waals surface area contributed by atoms with Gasteiger partial charge in [0.25, 0.3) is 5.91 Å². The molecule has 0 aromatic heterocycles. The van der Waals surface area contributed by atoms with E-state index in [-0.39, 0.29) is 21.4 Å². The molecule has 1 amide bonds. The van der Waals surface area contributed by atoms with Gasteiger partial charge in [0.15, 0.2) is 17.3 Å². The number of carbonyl (C=O) groups is 2. The SMILES string of the molecule is CCOc1cc(Cl)c(NC(=O)C(N=Nc2cc(OC)cc(OC)c2Cl)C(C)=O)cc1OCC. The lowest BCUT2D eigenvalue weighted by molar-refractivity contribution is -0.126. The lowest BCUT2D eigenvalue weighted by Crippen LogP contribution is -2.32. The summed E-state index contributed by atoms with van der Waals surface area (Å²) in [5.74, 6) is 0.291. The first kappa shape index (κ1) is 26.2. The van der Waals surface area contributed by atoms with Gasteiger partial charge in [0.05, 0.1) is 38.1 Å². The van der Waals surface area contributed by atoms with Crippen molar-refractivity contribution in [1.29, 1.82) is 0 Å². The summed E-state index contributed by atoms with van der Waals surface area (Å²) in [7, 11) is 2.90. The molecule has 1 atom stereocenters. The maximum Gasteiger partial charge on any atom is 0.258 e. The molecule has 0 aliphatic carbocycles. The fourth-order valence-electron chi connectivity index (χ4n) is 2.70. The molecule has 0 fully saturated rings. The first-order valence-electron chi connectivity index (χ1n) is 9.98. The lowest BCUT2D eigenvalue weighted by atomic mass is 10.2. The van der Waals surface area contributed by atoms with Crippen molar-refractivity contribution >= 4 is 46.3 Å². The molecule has 0 aliphatic heterocycles. The van der Waals surface area contributed by atoms with Crippen molar-refractivity contribution in [2.75, 3.05) is 32.8 Å². The number of methoxy groups -OCH3 is 2. The van der Waals surface area contributed by atoms with E-state index in [9.17, 15) is 9.59 Å². The molecule has 178 valence electrons. The number of nitrogens with zero attached hydrogens (tertiary/aromatic N) is 2. The Hall–Kier alpha value is -3.04. The minimum atomic E-state index is -1.45. The van der Waals surface area contributed by atoms with E-state index in [0.29, 0.717) is 36.2 Å². The summed E-state index contributed by atoms with van der Waals surface area (Å²) in [6.45, 7) is 5.65. The van der Waals surface area contributed by atoms with Gasteiger partial charge in [0.1, 0.15) is 22.2 Å². The number of hydrogen-bond acceptors (Lipinski definition) is 8. The van der Waals surface area contributed by atoms with Gasteiger partial charge in [-0.3, -0.25) is 9.59 Å². The Bertz CT molecular complexity index is 1050. The molecule has 0 aliphatic rings. The van der Waals surface area contributed by atoms with Gasteiger partial charge in [0.2, 0.25) is 6.04 Å². The molecule has 0 bridgehead atoms. The molecule has 11 heteroatoms. The Morgan fingerprint density at radius 2 is 1.61 bits per heavy atom. The number of benzene rings is 2. The highest BCUT2D eigenvalue weighted by Gasteiger charge is 2.25. The average Bonchev–Trinajstić information content (AvgIpc) is 2.78. The molecule has 33 heavy (non-hydrogen) atoms. The topological polar surface area (TPSA) is 108 Å². The summed E-state index contributed by atoms with van der Waals surface area (Å²) in [4.78, 5) is 25.0. The molecule has 2 aromatic carbocycles. The summed E-state index contributed by atoms with van der Waals surface area (Å²) < 4.78 is 21.4. The molecule has 0 heterocycles. The fraction of sp³-hybridized carbons (Fsp3) is 0.364. The lowest BCUT2D eigenvalue weighted by Gasteiger charge is -2.15. The van der Waals surface area contributed by atoms with Crippen LogP contribution in [0.2, 0.25) is 10.0 Å². The maximum absolute atomic E-state index is 12.8. The number of carbonyl (C=O) groups excluding carboxylic acids is 2. The summed E-state index contributed by atoms with van der Waals surface area (Å²) in [5.41, 5.74) is 0.403. The van der Waals surface area contributed by atoms with Crippen LogP contribution >= 0.6 is 23.2 Å². The van der Waals surface area contributed by atoms with Gasteiger partial charge in [-0.25, -0.2) is 0 Å². The van der Waals surface area contributed by atoms with Crippen LogP contribution in [0.1, 0.15) is 20.8 Å². The zero-order chi connectivity index (χ0) is 24.5. The first-order chi connectivity index (χ1) is 15.7. The Morgan fingerprint density at radius 1 is 0.970 bits per heavy atom. The van der Waals surface area contributed by atoms with Crippen LogP contribution in [0.5, 0.6) is 23.0 Å². The highest BCUT2D eigenvalue weighted by Crippen LogP contribution is 2.39. The number of halogens is 2. The van der Waals surface area contributed by atoms with Gasteiger partial charge in [-0.05, 0) is 20.8 Å². The number of anilines is 1. The second kappa shape index (κ2) is 12.3. The third-order valence-corrected chi connectivity index (χ3v) is 4.95. The summed E-state index contributed by atoms with van der Waals surface area (Å²) >= 11 is 12.5. The zero-order valence-electron chi connectivity index (χ0n) is 18.9. The van der Waals surface area contributed by atoms with Crippen LogP contribution in [0.3, 0.4) is 0 Å². The van der Waals surface area contributed by atoms with E-state index >= 15 is 0 Å². The number of nitrogens with one attached hydrogen (secondary N) is 1. The van der Waals surface area contributed by atoms with E-state index in [1.165, 1.54) is 39.3 Å². The van der Waals surface area contributed by atoms with Crippen LogP contribution in [0, 0.1) is 0 Å². The third-order valence-electron chi connectivity index (χ3n) is 4.25. The number of hydrogen-bond donors (Lipinski definition) is 1. The molecule has 1 N–H and O–H groups in total. The normalized spacial score (nSPS) is 11.7. The third kappa shape index (κ3) is 6.72. The number of ketones is 1. The van der Waals surface area contributed by atoms with Crippen LogP contribution in [0.25, 0.3) is 0 Å². The van der Waals surface area contributed by atoms with Crippen molar-refractivity contribution in [3.63, 3.8) is 0 Å². The van der Waals surface area contributed by atoms with Crippen LogP contribution in [-0.2, 0) is 9.59 Å². The number of rotatable bonds is 11. The number of azo groups is 1. The number of Topliss-reactive ketones (excluding diaryl/α,β-unsaturated/α-hetero) is 1. The van der Waals surface area contributed by atoms with Crippen LogP contribution in [0.15, 0.2) is 34.5 Å². The Labute approximate surface area is 202 Å². The smallest absolute Gasteiger partial charge is 0.258 e. The Morgan fingerprint density at radius 3 is 2.15 bits per heavy atom. The summed E-state index contributed by atoms with van der Waals surface area (Å²) in [5, 5.41) is 10.8. The standard InChI is InChI=1S/C22H25Cl2N3O6/c1-6-32-17-10-14(23)15(11-18(17)33-7-2)25-22(29)21(12(3)28)27-26-16-8-13(30-4)9-19(31-5)20(16)24/h8-11,21H,6-7H2,1-5H3,(H,25,29). The minimum Gasteiger partial charge on any atom is -0.497 e. The molecule has 2 rings (SSSR count). The monoisotopic (exact) mass is 497 g/mol. The number of ether oxygens (including phenoxy) is 4. The van der Waals surface area contributed by atoms with Gasteiger partial charge in [-0.15, -0.1) is 0 Å². The average molecular weight is 498 g/mol. The van der Waals surface area contributed by atoms with E-state index in [4.69, 9.17) is 42.1 Å². The molecule has 0 spiro atoms. The van der Waals surface area contributed by atoms with Crippen molar-refractivity contribution in [3.05, 3.63) is 34.3 Å². The van der Waals surface area contributed by atoms with Crippen molar-refractivity contribution < 1.29 is 28.5 Å². The van der Waals surface area contributed by atoms with Gasteiger partial charge in [-0.1, -0.05) is 23.2 Å². The van der Waals surface area contributed by atoms with Crippen molar-refractivity contribution in [1.82, 2.24) is 0 Å². The van der Waals surface area contributed by atoms with Gasteiger partial charge in [-0.2, -0.15) is 10.2 Å². The molecule has 0 radical (unpaired) electrons. The molecule has 9 nitrogen and oxygen atoms in total. The van der Waals surface area contributed by atoms with Crippen LogP contribution < -0.4 is 24.3 Å². The van der Waals surface area contributed by atoms with Crippen molar-refractivity contribution in [2.45, 2.75) is 26.8 Å².